The van der Waals surface area contributed by atoms with Gasteiger partial charge in [-0.1, -0.05) is 18.2 Å². The minimum absolute atomic E-state index is 0.144. The number of carbonyl (C=O) groups is 1. The van der Waals surface area contributed by atoms with Crippen molar-refractivity contribution in [2.75, 3.05) is 10.6 Å². The molecule has 202 valence electrons. The lowest BCUT2D eigenvalue weighted by molar-refractivity contribution is 0.0955. The highest BCUT2D eigenvalue weighted by Crippen LogP contribution is 2.24. The summed E-state index contributed by atoms with van der Waals surface area (Å²) in [6.45, 7) is 7.93. The number of rotatable bonds is 8. The summed E-state index contributed by atoms with van der Waals surface area (Å²) in [6.07, 6.45) is 2.75. The highest BCUT2D eigenvalue weighted by Gasteiger charge is 2.19. The molecule has 3 aromatic carbocycles. The molecule has 4 aromatic rings. The van der Waals surface area contributed by atoms with Crippen molar-refractivity contribution in [3.63, 3.8) is 0 Å². The minimum Gasteiger partial charge on any atom is -0.318 e. The van der Waals surface area contributed by atoms with Crippen LogP contribution < -0.4 is 9.73 Å². The average Bonchev–Trinajstić information content (AvgIpc) is 3.17. The van der Waals surface area contributed by atoms with Gasteiger partial charge >= 0.3 is 0 Å². The number of carbonyl (C=O) groups excluding carboxylic acids is 1. The Morgan fingerprint density at radius 1 is 0.949 bits per heavy atom. The smallest absolute Gasteiger partial charge is 0.271 e. The normalized spacial score (nSPS) is 11.6. The van der Waals surface area contributed by atoms with Gasteiger partial charge in [0.1, 0.15) is 5.82 Å². The summed E-state index contributed by atoms with van der Waals surface area (Å²) < 4.78 is 41.7. The van der Waals surface area contributed by atoms with Crippen LogP contribution in [0.15, 0.2) is 77.9 Å². The summed E-state index contributed by atoms with van der Waals surface area (Å²) in [7, 11) is -3.52. The van der Waals surface area contributed by atoms with Gasteiger partial charge in [0.05, 0.1) is 24.7 Å². The first kappa shape index (κ1) is 27.8. The van der Waals surface area contributed by atoms with Crippen LogP contribution in [0.5, 0.6) is 0 Å². The Labute approximate surface area is 228 Å². The quantitative estimate of drug-likeness (QED) is 0.231. The largest absolute Gasteiger partial charge is 0.318 e. The van der Waals surface area contributed by atoms with Gasteiger partial charge < -0.3 is 4.57 Å². The molecule has 4 rings (SSSR count). The van der Waals surface area contributed by atoms with Crippen molar-refractivity contribution in [3.8, 4) is 5.69 Å². The monoisotopic (exact) mass is 546 g/mol. The van der Waals surface area contributed by atoms with Crippen LogP contribution in [0.25, 0.3) is 5.69 Å². The predicted octanol–water partition coefficient (Wildman–Crippen LogP) is 5.58. The van der Waals surface area contributed by atoms with Crippen LogP contribution >= 0.6 is 0 Å². The number of halogens is 1. The van der Waals surface area contributed by atoms with Crippen molar-refractivity contribution >= 4 is 27.8 Å². The first-order valence-corrected chi connectivity index (χ1v) is 14.2. The van der Waals surface area contributed by atoms with E-state index in [2.05, 4.69) is 10.5 Å². The highest BCUT2D eigenvalue weighted by molar-refractivity contribution is 7.92. The molecule has 0 saturated heterocycles. The van der Waals surface area contributed by atoms with Crippen LogP contribution in [0, 0.1) is 33.5 Å². The van der Waals surface area contributed by atoms with Crippen molar-refractivity contribution in [1.29, 1.82) is 0 Å². The Balaban J connectivity index is 1.44. The zero-order valence-corrected chi connectivity index (χ0v) is 23.4. The maximum atomic E-state index is 13.3. The van der Waals surface area contributed by atoms with Crippen molar-refractivity contribution in [2.45, 2.75) is 34.2 Å². The Morgan fingerprint density at radius 2 is 1.62 bits per heavy atom. The molecule has 0 radical (unpaired) electrons. The molecule has 39 heavy (non-hydrogen) atoms. The number of hydrogen-bond donors (Lipinski definition) is 1. The molecule has 9 heteroatoms. The van der Waals surface area contributed by atoms with E-state index in [1.165, 1.54) is 22.7 Å². The van der Waals surface area contributed by atoms with Crippen molar-refractivity contribution in [2.24, 2.45) is 5.10 Å². The number of aromatic nitrogens is 1. The third kappa shape index (κ3) is 6.43. The van der Waals surface area contributed by atoms with Crippen LogP contribution in [0.4, 0.5) is 10.1 Å². The summed E-state index contributed by atoms with van der Waals surface area (Å²) in [4.78, 5) is 12.7. The van der Waals surface area contributed by atoms with E-state index in [0.717, 1.165) is 39.3 Å². The lowest BCUT2D eigenvalue weighted by Gasteiger charge is -2.23. The summed E-state index contributed by atoms with van der Waals surface area (Å²) in [5.74, 6) is -0.688. The second kappa shape index (κ2) is 11.2. The first-order chi connectivity index (χ1) is 18.4. The molecule has 7 nitrogen and oxygen atoms in total. The van der Waals surface area contributed by atoms with E-state index < -0.39 is 10.0 Å². The van der Waals surface area contributed by atoms with Crippen LogP contribution in [0.2, 0.25) is 0 Å². The molecule has 0 unspecified atom stereocenters. The lowest BCUT2D eigenvalue weighted by atomic mass is 10.1. The highest BCUT2D eigenvalue weighted by atomic mass is 32.2. The van der Waals surface area contributed by atoms with E-state index in [4.69, 9.17) is 0 Å². The van der Waals surface area contributed by atoms with Gasteiger partial charge in [-0.05, 0) is 99.0 Å². The molecule has 0 aliphatic rings. The fourth-order valence-corrected chi connectivity index (χ4v) is 5.22. The third-order valence-electron chi connectivity index (χ3n) is 6.65. The number of amides is 1. The van der Waals surface area contributed by atoms with Gasteiger partial charge in [0.15, 0.2) is 0 Å². The number of nitrogens with zero attached hydrogens (tertiary/aromatic N) is 3. The molecular weight excluding hydrogens is 515 g/mol. The number of hydrogen-bond acceptors (Lipinski definition) is 4. The van der Waals surface area contributed by atoms with Crippen LogP contribution in [-0.2, 0) is 16.6 Å². The van der Waals surface area contributed by atoms with Gasteiger partial charge in [-0.3, -0.25) is 9.10 Å². The fourth-order valence-electron chi connectivity index (χ4n) is 4.34. The van der Waals surface area contributed by atoms with Gasteiger partial charge in [0.25, 0.3) is 5.91 Å². The number of sulfonamides is 1. The molecule has 0 aliphatic heterocycles. The first-order valence-electron chi connectivity index (χ1n) is 12.4. The van der Waals surface area contributed by atoms with Gasteiger partial charge in [-0.15, -0.1) is 0 Å². The zero-order valence-electron chi connectivity index (χ0n) is 22.6. The van der Waals surface area contributed by atoms with E-state index in [0.29, 0.717) is 11.3 Å². The zero-order chi connectivity index (χ0) is 28.3. The summed E-state index contributed by atoms with van der Waals surface area (Å²) in [5.41, 5.74) is 9.86. The number of anilines is 1. The van der Waals surface area contributed by atoms with E-state index in [1.54, 1.807) is 48.7 Å². The Bertz CT molecular complexity index is 1640. The predicted molar refractivity (Wildman–Crippen MR) is 154 cm³/mol. The Hall–Kier alpha value is -4.24. The van der Waals surface area contributed by atoms with Crippen molar-refractivity contribution < 1.29 is 17.6 Å². The molecule has 1 amide bonds. The standard InChI is InChI=1S/C30H31FN4O3S/c1-20-6-13-29(16-21(20)2)34(39(5,37)38)19-24-7-9-25(10-8-24)30(36)33-32-18-26-17-22(3)35(23(26)4)28-14-11-27(31)12-15-28/h6-18H,19H2,1-5H3,(H,33,36). The number of benzene rings is 3. The van der Waals surface area contributed by atoms with E-state index >= 15 is 0 Å². The molecule has 0 aliphatic carbocycles. The molecule has 1 aromatic heterocycles. The number of aryl methyl sites for hydroxylation is 3. The maximum absolute atomic E-state index is 13.3. The summed E-state index contributed by atoms with van der Waals surface area (Å²) in [5, 5.41) is 4.11. The van der Waals surface area contributed by atoms with Crippen molar-refractivity contribution in [3.05, 3.63) is 118 Å². The van der Waals surface area contributed by atoms with Gasteiger partial charge in [-0.25, -0.2) is 18.2 Å². The minimum atomic E-state index is -3.52. The average molecular weight is 547 g/mol. The lowest BCUT2D eigenvalue weighted by Crippen LogP contribution is -2.29. The summed E-state index contributed by atoms with van der Waals surface area (Å²) >= 11 is 0. The molecule has 1 N–H and O–H groups in total. The molecule has 0 spiro atoms. The molecule has 0 atom stereocenters. The molecular formula is C30H31FN4O3S. The second-order valence-corrected chi connectivity index (χ2v) is 11.5. The van der Waals surface area contributed by atoms with E-state index in [9.17, 15) is 17.6 Å². The molecule has 0 bridgehead atoms. The molecule has 0 saturated carbocycles. The summed E-state index contributed by atoms with van der Waals surface area (Å²) in [6, 6.07) is 20.5. The molecule has 1 heterocycles. The van der Waals surface area contributed by atoms with Crippen LogP contribution in [0.3, 0.4) is 0 Å². The number of hydrazone groups is 1. The third-order valence-corrected chi connectivity index (χ3v) is 7.79. The second-order valence-electron chi connectivity index (χ2n) is 9.57. The Kier molecular flexibility index (Phi) is 8.01. The fraction of sp³-hybridized carbons (Fsp3) is 0.200. The van der Waals surface area contributed by atoms with E-state index in [-0.39, 0.29) is 18.3 Å². The van der Waals surface area contributed by atoms with Crippen LogP contribution in [-0.4, -0.2) is 31.4 Å². The van der Waals surface area contributed by atoms with Gasteiger partial charge in [0, 0.05) is 28.2 Å². The van der Waals surface area contributed by atoms with Gasteiger partial charge in [-0.2, -0.15) is 5.10 Å². The van der Waals surface area contributed by atoms with Gasteiger partial charge in [0.2, 0.25) is 10.0 Å². The Morgan fingerprint density at radius 3 is 2.23 bits per heavy atom. The molecule has 0 fully saturated rings. The SMILES string of the molecule is Cc1ccc(N(Cc2ccc(C(=O)NN=Cc3cc(C)n(-c4ccc(F)cc4)c3C)cc2)S(C)(=O)=O)cc1C. The van der Waals surface area contributed by atoms with Crippen LogP contribution in [0.1, 0.15) is 44.0 Å². The topological polar surface area (TPSA) is 83.8 Å². The van der Waals surface area contributed by atoms with E-state index in [1.807, 2.05) is 50.5 Å². The van der Waals surface area contributed by atoms with Crippen molar-refractivity contribution in [1.82, 2.24) is 9.99 Å². The maximum Gasteiger partial charge on any atom is 0.271 e. The number of nitrogens with one attached hydrogen (secondary N) is 1.